The minimum absolute atomic E-state index is 0.472. The van der Waals surface area contributed by atoms with Gasteiger partial charge in [-0.25, -0.2) is 9.97 Å². The summed E-state index contributed by atoms with van der Waals surface area (Å²) >= 11 is 0. The molecule has 2 aromatic heterocycles. The second-order valence-corrected chi connectivity index (χ2v) is 11.4. The molecule has 0 atom stereocenters. The normalized spacial score (nSPS) is 11.3. The van der Waals surface area contributed by atoms with Crippen LogP contribution >= 0.6 is 0 Å². The fourth-order valence-corrected chi connectivity index (χ4v) is 5.59. The summed E-state index contributed by atoms with van der Waals surface area (Å²) < 4.78 is 8.66. The summed E-state index contributed by atoms with van der Waals surface area (Å²) in [5.74, 6) is 2.22. The standard InChI is InChI=1S/C41H34N4O/c1-44(2)36-26-24-34(25-27-36)40-43-38(32-14-8-4-9-15-32)39(33-16-10-5-11-17-33)45(40)29-37-28-42-41(46-37)35-22-20-31(21-23-35)19-18-30-12-6-3-7-13-30/h3-28H,29H2,1-2H3/b19-18+. The van der Waals surface area contributed by atoms with Gasteiger partial charge in [0.25, 0.3) is 0 Å². The molecule has 5 heteroatoms. The lowest BCUT2D eigenvalue weighted by Gasteiger charge is -2.14. The molecule has 0 saturated carbocycles. The molecule has 0 radical (unpaired) electrons. The predicted octanol–water partition coefficient (Wildman–Crippen LogP) is 9.82. The molecule has 0 N–H and O–H groups in total. The smallest absolute Gasteiger partial charge is 0.226 e. The monoisotopic (exact) mass is 598 g/mol. The van der Waals surface area contributed by atoms with E-state index >= 15 is 0 Å². The largest absolute Gasteiger partial charge is 0.439 e. The van der Waals surface area contributed by atoms with E-state index in [1.165, 1.54) is 5.56 Å². The summed E-state index contributed by atoms with van der Waals surface area (Å²) in [6.45, 7) is 0.472. The summed E-state index contributed by atoms with van der Waals surface area (Å²) in [7, 11) is 4.10. The molecule has 0 saturated heterocycles. The van der Waals surface area contributed by atoms with Crippen molar-refractivity contribution in [2.24, 2.45) is 0 Å². The fourth-order valence-electron chi connectivity index (χ4n) is 5.59. The number of aromatic nitrogens is 3. The highest BCUT2D eigenvalue weighted by atomic mass is 16.4. The third-order valence-corrected chi connectivity index (χ3v) is 8.00. The Morgan fingerprint density at radius 1 is 0.609 bits per heavy atom. The van der Waals surface area contributed by atoms with E-state index in [9.17, 15) is 0 Å². The maximum absolute atomic E-state index is 6.41. The highest BCUT2D eigenvalue weighted by Crippen LogP contribution is 2.37. The van der Waals surface area contributed by atoms with Crippen LogP contribution in [0.1, 0.15) is 16.9 Å². The van der Waals surface area contributed by atoms with Gasteiger partial charge in [0.2, 0.25) is 5.89 Å². The average Bonchev–Trinajstić information content (AvgIpc) is 3.74. The third-order valence-electron chi connectivity index (χ3n) is 8.00. The molecule has 0 bridgehead atoms. The second-order valence-electron chi connectivity index (χ2n) is 11.4. The molecular formula is C41H34N4O. The topological polar surface area (TPSA) is 47.1 Å². The first-order valence-corrected chi connectivity index (χ1v) is 15.4. The zero-order valence-electron chi connectivity index (χ0n) is 25.9. The molecule has 5 nitrogen and oxygen atoms in total. The number of imidazole rings is 1. The first-order chi connectivity index (χ1) is 22.6. The Labute approximate surface area is 269 Å². The quantitative estimate of drug-likeness (QED) is 0.155. The highest BCUT2D eigenvalue weighted by molar-refractivity contribution is 5.82. The summed E-state index contributed by atoms with van der Waals surface area (Å²) in [6.07, 6.45) is 6.05. The van der Waals surface area contributed by atoms with Crippen molar-refractivity contribution in [1.82, 2.24) is 14.5 Å². The lowest BCUT2D eigenvalue weighted by Crippen LogP contribution is -2.08. The van der Waals surface area contributed by atoms with Gasteiger partial charge in [0.1, 0.15) is 11.6 Å². The van der Waals surface area contributed by atoms with Crippen molar-refractivity contribution in [3.05, 3.63) is 163 Å². The second kappa shape index (κ2) is 13.0. The molecule has 7 rings (SSSR count). The molecule has 0 spiro atoms. The summed E-state index contributed by atoms with van der Waals surface area (Å²) in [5.41, 5.74) is 9.49. The van der Waals surface area contributed by atoms with Crippen molar-refractivity contribution in [2.45, 2.75) is 6.54 Å². The average molecular weight is 599 g/mol. The molecule has 0 unspecified atom stereocenters. The SMILES string of the molecule is CN(C)c1ccc(-c2nc(-c3ccccc3)c(-c3ccccc3)n2Cc2cnc(-c3ccc(/C=C/c4ccccc4)cc3)o2)cc1. The van der Waals surface area contributed by atoms with Crippen LogP contribution in [-0.4, -0.2) is 28.6 Å². The Morgan fingerprint density at radius 2 is 1.17 bits per heavy atom. The van der Waals surface area contributed by atoms with E-state index in [2.05, 4.69) is 136 Å². The number of rotatable bonds is 9. The highest BCUT2D eigenvalue weighted by Gasteiger charge is 2.22. The van der Waals surface area contributed by atoms with Gasteiger partial charge in [-0.2, -0.15) is 0 Å². The Hall–Kier alpha value is -5.94. The maximum atomic E-state index is 6.41. The molecule has 0 aliphatic carbocycles. The number of hydrogen-bond acceptors (Lipinski definition) is 4. The van der Waals surface area contributed by atoms with Crippen molar-refractivity contribution in [3.8, 4) is 45.4 Å². The lowest BCUT2D eigenvalue weighted by molar-refractivity contribution is 0.503. The third kappa shape index (κ3) is 6.17. The van der Waals surface area contributed by atoms with Crippen LogP contribution in [0.5, 0.6) is 0 Å². The minimum atomic E-state index is 0.472. The van der Waals surface area contributed by atoms with Crippen LogP contribution in [0.15, 0.2) is 150 Å². The Morgan fingerprint density at radius 3 is 1.80 bits per heavy atom. The molecular weight excluding hydrogens is 564 g/mol. The van der Waals surface area contributed by atoms with Crippen molar-refractivity contribution in [1.29, 1.82) is 0 Å². The van der Waals surface area contributed by atoms with Gasteiger partial charge in [-0.15, -0.1) is 0 Å². The molecule has 0 amide bonds. The Kier molecular flexibility index (Phi) is 8.12. The Bertz CT molecular complexity index is 2060. The molecule has 2 heterocycles. The summed E-state index contributed by atoms with van der Waals surface area (Å²) in [4.78, 5) is 12.1. The van der Waals surface area contributed by atoms with Gasteiger partial charge in [0, 0.05) is 42.0 Å². The van der Waals surface area contributed by atoms with Crippen LogP contribution in [0.2, 0.25) is 0 Å². The van der Waals surface area contributed by atoms with Gasteiger partial charge in [0.05, 0.1) is 24.1 Å². The van der Waals surface area contributed by atoms with Crippen LogP contribution in [-0.2, 0) is 6.54 Å². The molecule has 0 fully saturated rings. The van der Waals surface area contributed by atoms with E-state index in [1.54, 1.807) is 0 Å². The van der Waals surface area contributed by atoms with Gasteiger partial charge in [-0.1, -0.05) is 115 Å². The van der Waals surface area contributed by atoms with Gasteiger partial charge < -0.3 is 13.9 Å². The Balaban J connectivity index is 1.26. The van der Waals surface area contributed by atoms with Crippen LogP contribution in [0.3, 0.4) is 0 Å². The molecule has 46 heavy (non-hydrogen) atoms. The van der Waals surface area contributed by atoms with E-state index in [-0.39, 0.29) is 0 Å². The zero-order chi connectivity index (χ0) is 31.3. The van der Waals surface area contributed by atoms with E-state index in [0.717, 1.165) is 56.5 Å². The van der Waals surface area contributed by atoms with Gasteiger partial charge in [-0.3, -0.25) is 0 Å². The van der Waals surface area contributed by atoms with Gasteiger partial charge in [-0.05, 0) is 47.5 Å². The van der Waals surface area contributed by atoms with Crippen molar-refractivity contribution >= 4 is 17.8 Å². The van der Waals surface area contributed by atoms with E-state index in [4.69, 9.17) is 9.40 Å². The number of oxazole rings is 1. The number of nitrogens with zero attached hydrogens (tertiary/aromatic N) is 4. The first kappa shape index (κ1) is 28.8. The van der Waals surface area contributed by atoms with Gasteiger partial charge >= 0.3 is 0 Å². The summed E-state index contributed by atoms with van der Waals surface area (Å²) in [6, 6.07) is 47.9. The first-order valence-electron chi connectivity index (χ1n) is 15.4. The molecule has 7 aromatic rings. The van der Waals surface area contributed by atoms with Crippen molar-refractivity contribution in [2.75, 3.05) is 19.0 Å². The summed E-state index contributed by atoms with van der Waals surface area (Å²) in [5, 5.41) is 0. The van der Waals surface area contributed by atoms with Crippen LogP contribution in [0.4, 0.5) is 5.69 Å². The zero-order valence-corrected chi connectivity index (χ0v) is 25.9. The number of benzene rings is 5. The molecule has 0 aliphatic rings. The van der Waals surface area contributed by atoms with Crippen LogP contribution in [0, 0.1) is 0 Å². The number of anilines is 1. The minimum Gasteiger partial charge on any atom is -0.439 e. The van der Waals surface area contributed by atoms with E-state index in [0.29, 0.717) is 12.4 Å². The molecule has 0 aliphatic heterocycles. The molecule has 5 aromatic carbocycles. The van der Waals surface area contributed by atoms with Crippen molar-refractivity contribution < 1.29 is 4.42 Å². The van der Waals surface area contributed by atoms with Crippen LogP contribution < -0.4 is 4.90 Å². The lowest BCUT2D eigenvalue weighted by atomic mass is 10.0. The fraction of sp³-hybridized carbons (Fsp3) is 0.0732. The number of hydrogen-bond donors (Lipinski definition) is 0. The van der Waals surface area contributed by atoms with Crippen LogP contribution in [0.25, 0.3) is 57.5 Å². The van der Waals surface area contributed by atoms with E-state index < -0.39 is 0 Å². The van der Waals surface area contributed by atoms with Gasteiger partial charge in [0.15, 0.2) is 0 Å². The predicted molar refractivity (Wildman–Crippen MR) is 189 cm³/mol. The molecule has 224 valence electrons. The van der Waals surface area contributed by atoms with Crippen molar-refractivity contribution in [3.63, 3.8) is 0 Å². The van der Waals surface area contributed by atoms with E-state index in [1.807, 2.05) is 50.6 Å². The maximum Gasteiger partial charge on any atom is 0.226 e.